The van der Waals surface area contributed by atoms with E-state index in [1.165, 1.54) is 61.9 Å². The number of rotatable bonds is 7. The van der Waals surface area contributed by atoms with Crippen molar-refractivity contribution >= 4 is 35.4 Å². The SMILES string of the molecule is COc1ccc(NC(=O)C(=O)N/N=C/c2ccc(OC(=O)c3ccccc3[N+](=O)[O-])cc2)cc1. The van der Waals surface area contributed by atoms with Crippen molar-refractivity contribution in [3.05, 3.63) is 94.0 Å². The number of nitro groups is 1. The van der Waals surface area contributed by atoms with Gasteiger partial charge >= 0.3 is 17.8 Å². The Morgan fingerprint density at radius 2 is 1.56 bits per heavy atom. The van der Waals surface area contributed by atoms with Gasteiger partial charge in [-0.2, -0.15) is 5.10 Å². The molecule has 0 bridgehead atoms. The molecule has 0 fully saturated rings. The van der Waals surface area contributed by atoms with Crippen LogP contribution >= 0.6 is 0 Å². The van der Waals surface area contributed by atoms with Gasteiger partial charge in [-0.15, -0.1) is 0 Å². The third-order valence-electron chi connectivity index (χ3n) is 4.35. The maximum Gasteiger partial charge on any atom is 0.350 e. The topological polar surface area (TPSA) is 149 Å². The number of amides is 2. The van der Waals surface area contributed by atoms with Crippen LogP contribution in [-0.2, 0) is 9.59 Å². The summed E-state index contributed by atoms with van der Waals surface area (Å²) in [6, 6.07) is 17.9. The fourth-order valence-corrected chi connectivity index (χ4v) is 2.67. The zero-order valence-electron chi connectivity index (χ0n) is 17.8. The van der Waals surface area contributed by atoms with E-state index >= 15 is 0 Å². The van der Waals surface area contributed by atoms with Gasteiger partial charge < -0.3 is 14.8 Å². The summed E-state index contributed by atoms with van der Waals surface area (Å²) < 4.78 is 10.2. The highest BCUT2D eigenvalue weighted by atomic mass is 16.6. The molecule has 3 aromatic carbocycles. The fraction of sp³-hybridized carbons (Fsp3) is 0.0435. The zero-order chi connectivity index (χ0) is 24.5. The van der Waals surface area contributed by atoms with Gasteiger partial charge in [0.1, 0.15) is 17.1 Å². The van der Waals surface area contributed by atoms with E-state index in [0.717, 1.165) is 0 Å². The first-order chi connectivity index (χ1) is 16.4. The third kappa shape index (κ3) is 6.23. The molecule has 34 heavy (non-hydrogen) atoms. The number of ether oxygens (including phenoxy) is 2. The van der Waals surface area contributed by atoms with Gasteiger partial charge in [0.25, 0.3) is 5.69 Å². The number of hydrazone groups is 1. The molecule has 3 aromatic rings. The van der Waals surface area contributed by atoms with Gasteiger partial charge in [0.2, 0.25) is 0 Å². The van der Waals surface area contributed by atoms with Crippen molar-refractivity contribution in [2.45, 2.75) is 0 Å². The maximum atomic E-state index is 12.3. The number of anilines is 1. The number of nitrogens with zero attached hydrogens (tertiary/aromatic N) is 2. The van der Waals surface area contributed by atoms with Crippen molar-refractivity contribution in [1.82, 2.24) is 5.43 Å². The number of benzene rings is 3. The Morgan fingerprint density at radius 1 is 0.912 bits per heavy atom. The molecule has 2 amide bonds. The predicted octanol–water partition coefficient (Wildman–Crippen LogP) is 2.91. The van der Waals surface area contributed by atoms with Gasteiger partial charge in [-0.1, -0.05) is 12.1 Å². The molecule has 11 heteroatoms. The number of nitro benzene ring substituents is 1. The van der Waals surface area contributed by atoms with Gasteiger partial charge in [-0.05, 0) is 60.2 Å². The highest BCUT2D eigenvalue weighted by Gasteiger charge is 2.21. The van der Waals surface area contributed by atoms with Crippen LogP contribution in [0.1, 0.15) is 15.9 Å². The first kappa shape index (κ1) is 23.6. The molecule has 0 saturated carbocycles. The lowest BCUT2D eigenvalue weighted by molar-refractivity contribution is -0.385. The minimum Gasteiger partial charge on any atom is -0.497 e. The van der Waals surface area contributed by atoms with Crippen LogP contribution < -0.4 is 20.2 Å². The molecule has 172 valence electrons. The second kappa shape index (κ2) is 11.0. The average Bonchev–Trinajstić information content (AvgIpc) is 2.85. The first-order valence-corrected chi connectivity index (χ1v) is 9.71. The van der Waals surface area contributed by atoms with Crippen LogP contribution in [0.25, 0.3) is 0 Å². The quantitative estimate of drug-likeness (QED) is 0.137. The Balaban J connectivity index is 1.53. The summed E-state index contributed by atoms with van der Waals surface area (Å²) in [5, 5.41) is 17.2. The molecule has 0 atom stereocenters. The summed E-state index contributed by atoms with van der Waals surface area (Å²) in [5.41, 5.74) is 2.51. The number of para-hydroxylation sites is 1. The number of nitrogens with one attached hydrogen (secondary N) is 2. The number of carbonyl (C=O) groups excluding carboxylic acids is 3. The van der Waals surface area contributed by atoms with Gasteiger partial charge in [0, 0.05) is 11.8 Å². The summed E-state index contributed by atoms with van der Waals surface area (Å²) in [6.07, 6.45) is 1.28. The lowest BCUT2D eigenvalue weighted by atomic mass is 10.2. The van der Waals surface area contributed by atoms with Gasteiger partial charge in [0.05, 0.1) is 18.2 Å². The van der Waals surface area contributed by atoms with E-state index in [4.69, 9.17) is 9.47 Å². The van der Waals surface area contributed by atoms with Crippen molar-refractivity contribution in [1.29, 1.82) is 0 Å². The molecule has 0 spiro atoms. The fourth-order valence-electron chi connectivity index (χ4n) is 2.67. The second-order valence-electron chi connectivity index (χ2n) is 6.61. The molecule has 0 saturated heterocycles. The monoisotopic (exact) mass is 462 g/mol. The highest BCUT2D eigenvalue weighted by molar-refractivity contribution is 6.39. The van der Waals surface area contributed by atoms with Crippen LogP contribution in [0.5, 0.6) is 11.5 Å². The Morgan fingerprint density at radius 3 is 2.21 bits per heavy atom. The van der Waals surface area contributed by atoms with Crippen LogP contribution in [0, 0.1) is 10.1 Å². The third-order valence-corrected chi connectivity index (χ3v) is 4.35. The summed E-state index contributed by atoms with van der Waals surface area (Å²) in [4.78, 5) is 46.4. The lowest BCUT2D eigenvalue weighted by Gasteiger charge is -2.05. The summed E-state index contributed by atoms with van der Waals surface area (Å²) in [7, 11) is 1.51. The normalized spacial score (nSPS) is 10.4. The van der Waals surface area contributed by atoms with Gasteiger partial charge in [0.15, 0.2) is 0 Å². The number of methoxy groups -OCH3 is 1. The molecule has 3 rings (SSSR count). The lowest BCUT2D eigenvalue weighted by Crippen LogP contribution is -2.32. The van der Waals surface area contributed by atoms with Gasteiger partial charge in [-0.25, -0.2) is 10.2 Å². The van der Waals surface area contributed by atoms with E-state index in [9.17, 15) is 24.5 Å². The van der Waals surface area contributed by atoms with E-state index in [-0.39, 0.29) is 17.0 Å². The molecular weight excluding hydrogens is 444 g/mol. The van der Waals surface area contributed by atoms with E-state index < -0.39 is 22.7 Å². The van der Waals surface area contributed by atoms with Crippen molar-refractivity contribution < 1.29 is 28.8 Å². The second-order valence-corrected chi connectivity index (χ2v) is 6.61. The van der Waals surface area contributed by atoms with E-state index in [2.05, 4.69) is 15.8 Å². The molecule has 0 aliphatic carbocycles. The number of hydrogen-bond acceptors (Lipinski definition) is 8. The Hall–Kier alpha value is -5.06. The number of carbonyl (C=O) groups is 3. The molecule has 0 unspecified atom stereocenters. The number of hydrogen-bond donors (Lipinski definition) is 2. The summed E-state index contributed by atoms with van der Waals surface area (Å²) in [5.74, 6) is -1.98. The van der Waals surface area contributed by atoms with Crippen LogP contribution in [0.2, 0.25) is 0 Å². The van der Waals surface area contributed by atoms with Crippen molar-refractivity contribution in [2.24, 2.45) is 5.10 Å². The summed E-state index contributed by atoms with van der Waals surface area (Å²) in [6.45, 7) is 0. The Labute approximate surface area is 193 Å². The molecule has 0 aromatic heterocycles. The van der Waals surface area contributed by atoms with Crippen LogP contribution in [-0.4, -0.2) is 36.0 Å². The van der Waals surface area contributed by atoms with E-state index in [0.29, 0.717) is 17.0 Å². The smallest absolute Gasteiger partial charge is 0.350 e. The maximum absolute atomic E-state index is 12.3. The van der Waals surface area contributed by atoms with Crippen molar-refractivity contribution in [3.63, 3.8) is 0 Å². The van der Waals surface area contributed by atoms with Crippen molar-refractivity contribution in [2.75, 3.05) is 12.4 Å². The largest absolute Gasteiger partial charge is 0.497 e. The highest BCUT2D eigenvalue weighted by Crippen LogP contribution is 2.20. The van der Waals surface area contributed by atoms with Crippen LogP contribution in [0.4, 0.5) is 11.4 Å². The average molecular weight is 462 g/mol. The molecule has 0 aliphatic rings. The van der Waals surface area contributed by atoms with Crippen LogP contribution in [0.15, 0.2) is 77.9 Å². The van der Waals surface area contributed by atoms with Gasteiger partial charge in [-0.3, -0.25) is 19.7 Å². The predicted molar refractivity (Wildman–Crippen MR) is 122 cm³/mol. The standard InChI is InChI=1S/C23H18N4O7/c1-33-17-12-8-16(9-13-17)25-21(28)22(29)26-24-14-15-6-10-18(11-7-15)34-23(30)19-4-2-3-5-20(19)27(31)32/h2-14H,1H3,(H,25,28)(H,26,29)/b24-14+. The minimum atomic E-state index is -0.970. The Bertz CT molecular complexity index is 1240. The van der Waals surface area contributed by atoms with E-state index in [1.807, 2.05) is 0 Å². The zero-order valence-corrected chi connectivity index (χ0v) is 17.8. The summed E-state index contributed by atoms with van der Waals surface area (Å²) >= 11 is 0. The molecule has 0 radical (unpaired) electrons. The minimum absolute atomic E-state index is 0.156. The molecule has 2 N–H and O–H groups in total. The first-order valence-electron chi connectivity index (χ1n) is 9.71. The van der Waals surface area contributed by atoms with Crippen molar-refractivity contribution in [3.8, 4) is 11.5 Å². The van der Waals surface area contributed by atoms with Crippen LogP contribution in [0.3, 0.4) is 0 Å². The van der Waals surface area contributed by atoms with E-state index in [1.54, 1.807) is 24.3 Å². The Kier molecular flexibility index (Phi) is 7.63. The molecular formula is C23H18N4O7. The number of esters is 1. The molecule has 0 aliphatic heterocycles. The molecule has 0 heterocycles. The molecule has 11 nitrogen and oxygen atoms in total.